The molecule has 0 unspecified atom stereocenters. The van der Waals surface area contributed by atoms with E-state index in [0.29, 0.717) is 23.2 Å². The number of nitrogens with zero attached hydrogens (tertiary/aromatic N) is 4. The fraction of sp³-hybridized carbons (Fsp3) is 0.467. The summed E-state index contributed by atoms with van der Waals surface area (Å²) in [7, 11) is -3.50. The molecule has 3 rings (SSSR count). The number of carbonyl (C=O) groups excluding carboxylic acids is 1. The van der Waals surface area contributed by atoms with Crippen molar-refractivity contribution in [1.82, 2.24) is 19.5 Å². The lowest BCUT2D eigenvalue weighted by Crippen LogP contribution is -2.32. The first-order chi connectivity index (χ1) is 12.6. The number of thioether (sulfide) groups is 1. The van der Waals surface area contributed by atoms with Crippen LogP contribution in [0.2, 0.25) is 0 Å². The van der Waals surface area contributed by atoms with Crippen LogP contribution in [0.15, 0.2) is 33.8 Å². The molecule has 1 aliphatic rings. The summed E-state index contributed by atoms with van der Waals surface area (Å²) < 4.78 is 26.9. The van der Waals surface area contributed by atoms with Crippen molar-refractivity contribution >= 4 is 44.2 Å². The Balaban J connectivity index is 1.58. The Labute approximate surface area is 160 Å². The Hall–Kier alpha value is -1.56. The first kappa shape index (κ1) is 19.2. The quantitative estimate of drug-likeness (QED) is 0.724. The highest BCUT2D eigenvalue weighted by Crippen LogP contribution is 2.22. The smallest absolute Gasteiger partial charge is 0.244 e. The molecule has 11 heteroatoms. The molecule has 8 nitrogen and oxygen atoms in total. The van der Waals surface area contributed by atoms with Crippen LogP contribution in [0.25, 0.3) is 0 Å². The van der Waals surface area contributed by atoms with Crippen LogP contribution in [0.4, 0.5) is 5.13 Å². The molecule has 1 amide bonds. The zero-order valence-corrected chi connectivity index (χ0v) is 16.4. The van der Waals surface area contributed by atoms with Crippen molar-refractivity contribution in [2.24, 2.45) is 0 Å². The van der Waals surface area contributed by atoms with Gasteiger partial charge in [0, 0.05) is 19.3 Å². The van der Waals surface area contributed by atoms with E-state index in [9.17, 15) is 13.2 Å². The Morgan fingerprint density at radius 3 is 2.62 bits per heavy atom. The van der Waals surface area contributed by atoms with E-state index in [-0.39, 0.29) is 16.6 Å². The zero-order chi connectivity index (χ0) is 18.4. The van der Waals surface area contributed by atoms with Crippen LogP contribution in [-0.4, -0.2) is 52.7 Å². The predicted molar refractivity (Wildman–Crippen MR) is 101 cm³/mol. The van der Waals surface area contributed by atoms with E-state index < -0.39 is 10.0 Å². The van der Waals surface area contributed by atoms with Crippen LogP contribution in [0.3, 0.4) is 0 Å². The number of pyridine rings is 1. The number of hydrogen-bond acceptors (Lipinski definition) is 8. The molecule has 1 fully saturated rings. The second-order valence-corrected chi connectivity index (χ2v) is 9.50. The maximum absolute atomic E-state index is 12.7. The Morgan fingerprint density at radius 2 is 2.00 bits per heavy atom. The van der Waals surface area contributed by atoms with Crippen LogP contribution in [-0.2, 0) is 14.8 Å². The van der Waals surface area contributed by atoms with E-state index in [0.717, 1.165) is 25.7 Å². The molecule has 0 aliphatic carbocycles. The molecule has 0 atom stereocenters. The molecule has 0 saturated carbocycles. The second kappa shape index (κ2) is 8.89. The van der Waals surface area contributed by atoms with E-state index in [4.69, 9.17) is 0 Å². The van der Waals surface area contributed by atoms with E-state index in [1.165, 1.54) is 34.8 Å². The van der Waals surface area contributed by atoms with Gasteiger partial charge >= 0.3 is 0 Å². The van der Waals surface area contributed by atoms with Gasteiger partial charge in [-0.3, -0.25) is 10.1 Å². The maximum Gasteiger partial charge on any atom is 0.244 e. The van der Waals surface area contributed by atoms with Crippen LogP contribution >= 0.6 is 23.1 Å². The van der Waals surface area contributed by atoms with Crippen LogP contribution in [0.5, 0.6) is 0 Å². The van der Waals surface area contributed by atoms with Gasteiger partial charge in [0.15, 0.2) is 0 Å². The van der Waals surface area contributed by atoms with Crippen molar-refractivity contribution in [3.63, 3.8) is 0 Å². The Bertz CT molecular complexity index is 817. The minimum absolute atomic E-state index is 0.158. The van der Waals surface area contributed by atoms with Crippen molar-refractivity contribution in [3.05, 3.63) is 23.8 Å². The number of hydrogen-bond donors (Lipinski definition) is 1. The van der Waals surface area contributed by atoms with Gasteiger partial charge in [0.05, 0.1) is 10.8 Å². The van der Waals surface area contributed by atoms with Gasteiger partial charge in [-0.05, 0) is 25.0 Å². The van der Waals surface area contributed by atoms with Crippen molar-refractivity contribution < 1.29 is 13.2 Å². The molecule has 0 radical (unpaired) electrons. The minimum Gasteiger partial charge on any atom is -0.300 e. The highest BCUT2D eigenvalue weighted by atomic mass is 32.2. The van der Waals surface area contributed by atoms with Gasteiger partial charge in [0.2, 0.25) is 21.1 Å². The Morgan fingerprint density at radius 1 is 1.23 bits per heavy atom. The van der Waals surface area contributed by atoms with Gasteiger partial charge < -0.3 is 0 Å². The third kappa shape index (κ3) is 5.00. The molecule has 0 spiro atoms. The van der Waals surface area contributed by atoms with Crippen molar-refractivity contribution in [2.45, 2.75) is 35.6 Å². The van der Waals surface area contributed by atoms with Gasteiger partial charge in [-0.1, -0.05) is 35.9 Å². The average molecular weight is 414 g/mol. The van der Waals surface area contributed by atoms with Crippen LogP contribution < -0.4 is 5.32 Å². The number of amides is 1. The summed E-state index contributed by atoms with van der Waals surface area (Å²) in [6.45, 7) is 1.12. The first-order valence-electron chi connectivity index (χ1n) is 8.21. The monoisotopic (exact) mass is 413 g/mol. The van der Waals surface area contributed by atoms with E-state index in [1.807, 2.05) is 0 Å². The van der Waals surface area contributed by atoms with Gasteiger partial charge in [-0.15, -0.1) is 10.2 Å². The van der Waals surface area contributed by atoms with Crippen LogP contribution in [0, 0.1) is 0 Å². The van der Waals surface area contributed by atoms with Crippen molar-refractivity contribution in [1.29, 1.82) is 0 Å². The lowest BCUT2D eigenvalue weighted by molar-refractivity contribution is -0.113. The van der Waals surface area contributed by atoms with Gasteiger partial charge in [-0.2, -0.15) is 4.31 Å². The molecule has 2 aromatic heterocycles. The lowest BCUT2D eigenvalue weighted by Gasteiger charge is -2.19. The van der Waals surface area contributed by atoms with Crippen molar-refractivity contribution in [3.8, 4) is 0 Å². The number of anilines is 1. The van der Waals surface area contributed by atoms with E-state index in [2.05, 4.69) is 20.5 Å². The zero-order valence-electron chi connectivity index (χ0n) is 14.0. The fourth-order valence-electron chi connectivity index (χ4n) is 2.56. The first-order valence-corrected chi connectivity index (χ1v) is 11.5. The number of nitrogens with one attached hydrogen (secondary N) is 1. The van der Waals surface area contributed by atoms with Gasteiger partial charge in [-0.25, -0.2) is 13.4 Å². The third-order valence-electron chi connectivity index (χ3n) is 3.87. The molecule has 0 bridgehead atoms. The number of sulfonamides is 1. The average Bonchev–Trinajstić information content (AvgIpc) is 2.98. The van der Waals surface area contributed by atoms with E-state index in [1.54, 1.807) is 16.4 Å². The number of carbonyl (C=O) groups is 1. The molecule has 2 aromatic rings. The predicted octanol–water partition coefficient (Wildman–Crippen LogP) is 2.23. The largest absolute Gasteiger partial charge is 0.300 e. The summed E-state index contributed by atoms with van der Waals surface area (Å²) in [6.07, 6.45) is 5.29. The number of aromatic nitrogens is 3. The molecule has 3 heterocycles. The SMILES string of the molecule is O=C(CSc1ccc(S(=O)(=O)N2CCCCCC2)cn1)Nc1nncs1. The standard InChI is InChI=1S/C15H19N5O3S3/c21-13(18-15-19-17-11-25-15)10-24-14-6-5-12(9-16-14)26(22,23)20-7-3-1-2-4-8-20/h5-6,9,11H,1-4,7-8,10H2,(H,18,19,21). The molecule has 1 aliphatic heterocycles. The minimum atomic E-state index is -3.50. The molecule has 26 heavy (non-hydrogen) atoms. The summed E-state index contributed by atoms with van der Waals surface area (Å²) >= 11 is 2.48. The maximum atomic E-state index is 12.7. The molecule has 1 N–H and O–H groups in total. The lowest BCUT2D eigenvalue weighted by atomic mass is 10.2. The molecular weight excluding hydrogens is 394 g/mol. The Kier molecular flexibility index (Phi) is 6.57. The molecule has 1 saturated heterocycles. The molecule has 140 valence electrons. The third-order valence-corrected chi connectivity index (χ3v) is 7.30. The van der Waals surface area contributed by atoms with E-state index >= 15 is 0 Å². The summed E-state index contributed by atoms with van der Waals surface area (Å²) in [4.78, 5) is 16.2. The molecular formula is C15H19N5O3S3. The van der Waals surface area contributed by atoms with Gasteiger partial charge in [0.1, 0.15) is 10.4 Å². The van der Waals surface area contributed by atoms with Crippen molar-refractivity contribution in [2.75, 3.05) is 24.2 Å². The summed E-state index contributed by atoms with van der Waals surface area (Å²) in [5.74, 6) is -0.0556. The van der Waals surface area contributed by atoms with Crippen LogP contribution in [0.1, 0.15) is 25.7 Å². The van der Waals surface area contributed by atoms with Gasteiger partial charge in [0.25, 0.3) is 0 Å². The second-order valence-electron chi connectivity index (χ2n) is 5.73. The topological polar surface area (TPSA) is 105 Å². The number of rotatable bonds is 6. The summed E-state index contributed by atoms with van der Waals surface area (Å²) in [6, 6.07) is 3.19. The summed E-state index contributed by atoms with van der Waals surface area (Å²) in [5, 5.41) is 11.1. The normalized spacial score (nSPS) is 16.2. The summed E-state index contributed by atoms with van der Waals surface area (Å²) in [5.41, 5.74) is 1.54. The highest BCUT2D eigenvalue weighted by Gasteiger charge is 2.25. The highest BCUT2D eigenvalue weighted by molar-refractivity contribution is 7.99. The molecule has 0 aromatic carbocycles. The fourth-order valence-corrected chi connectivity index (χ4v) is 5.12.